The molecule has 0 aliphatic rings. The lowest BCUT2D eigenvalue weighted by Gasteiger charge is -2.14. The van der Waals surface area contributed by atoms with E-state index in [1.165, 1.54) is 24.6 Å². The molecule has 0 saturated heterocycles. The second kappa shape index (κ2) is 14.9. The molecule has 1 atom stereocenters. The molecule has 0 amide bonds. The number of carbonyl (C=O) groups is 2. The molecule has 1 unspecified atom stereocenters. The van der Waals surface area contributed by atoms with Crippen molar-refractivity contribution in [2.45, 2.75) is 70.6 Å². The van der Waals surface area contributed by atoms with Crippen molar-refractivity contribution in [2.75, 3.05) is 19.0 Å². The van der Waals surface area contributed by atoms with Gasteiger partial charge in [0, 0.05) is 15.1 Å². The van der Waals surface area contributed by atoms with E-state index in [9.17, 15) is 9.59 Å². The molecular formula is C22H33BrO4S. The van der Waals surface area contributed by atoms with E-state index >= 15 is 0 Å². The monoisotopic (exact) mass is 472 g/mol. The topological polar surface area (TPSA) is 52.6 Å². The lowest BCUT2D eigenvalue weighted by Crippen LogP contribution is -2.14. The summed E-state index contributed by atoms with van der Waals surface area (Å²) in [5.74, 6) is 0.610. The van der Waals surface area contributed by atoms with Gasteiger partial charge in [-0.05, 0) is 37.0 Å². The summed E-state index contributed by atoms with van der Waals surface area (Å²) < 4.78 is 11.5. The van der Waals surface area contributed by atoms with Crippen LogP contribution in [-0.4, -0.2) is 30.9 Å². The highest BCUT2D eigenvalue weighted by molar-refractivity contribution is 9.10. The van der Waals surface area contributed by atoms with Gasteiger partial charge in [-0.3, -0.25) is 4.79 Å². The number of benzene rings is 1. The molecule has 1 rings (SSSR count). The predicted molar refractivity (Wildman–Crippen MR) is 119 cm³/mol. The molecule has 0 N–H and O–H groups in total. The number of hydrogen-bond acceptors (Lipinski definition) is 5. The van der Waals surface area contributed by atoms with Crippen LogP contribution in [0.1, 0.15) is 76.1 Å². The van der Waals surface area contributed by atoms with Gasteiger partial charge in [-0.25, -0.2) is 4.79 Å². The summed E-state index contributed by atoms with van der Waals surface area (Å²) in [6, 6.07) is 5.51. The first-order valence-electron chi connectivity index (χ1n) is 10.3. The Morgan fingerprint density at radius 2 is 1.82 bits per heavy atom. The minimum absolute atomic E-state index is 0.156. The molecule has 0 heterocycles. The maximum absolute atomic E-state index is 12.1. The third-order valence-corrected chi connectivity index (χ3v) is 5.87. The van der Waals surface area contributed by atoms with Crippen LogP contribution >= 0.6 is 27.7 Å². The molecule has 0 aliphatic heterocycles. The van der Waals surface area contributed by atoms with Crippen molar-refractivity contribution in [1.29, 1.82) is 0 Å². The lowest BCUT2D eigenvalue weighted by atomic mass is 10.0. The highest BCUT2D eigenvalue weighted by Gasteiger charge is 2.12. The molecule has 1 aromatic rings. The standard InChI is InChI=1S/C22H33BrO4S/c1-4-7-9-17(6-3)16-27-21(24)10-12-28-20-14-18(13-19(23)15-20)22(25)26-11-8-5-2/h13-15,17H,4-12,16H2,1-3H3. The van der Waals surface area contributed by atoms with E-state index in [1.807, 2.05) is 12.1 Å². The number of unbranched alkanes of at least 4 members (excludes halogenated alkanes) is 2. The lowest BCUT2D eigenvalue weighted by molar-refractivity contribution is -0.144. The summed E-state index contributed by atoms with van der Waals surface area (Å²) in [4.78, 5) is 25.1. The second-order valence-corrected chi connectivity index (χ2v) is 8.95. The Hall–Kier alpha value is -1.01. The number of carbonyl (C=O) groups excluding carboxylic acids is 2. The highest BCUT2D eigenvalue weighted by atomic mass is 79.9. The molecule has 158 valence electrons. The van der Waals surface area contributed by atoms with Gasteiger partial charge in [-0.15, -0.1) is 11.8 Å². The van der Waals surface area contributed by atoms with Crippen molar-refractivity contribution in [2.24, 2.45) is 5.92 Å². The van der Waals surface area contributed by atoms with Gasteiger partial charge in [0.2, 0.25) is 0 Å². The summed E-state index contributed by atoms with van der Waals surface area (Å²) in [7, 11) is 0. The average molecular weight is 473 g/mol. The Kier molecular flexibility index (Phi) is 13.3. The van der Waals surface area contributed by atoms with Crippen LogP contribution in [-0.2, 0) is 14.3 Å². The molecule has 0 aromatic heterocycles. The fraction of sp³-hybridized carbons (Fsp3) is 0.636. The summed E-state index contributed by atoms with van der Waals surface area (Å²) in [6.45, 7) is 7.33. The van der Waals surface area contributed by atoms with Gasteiger partial charge in [0.1, 0.15) is 0 Å². The first-order chi connectivity index (χ1) is 13.5. The van der Waals surface area contributed by atoms with E-state index in [0.717, 1.165) is 35.1 Å². The Labute approximate surface area is 182 Å². The average Bonchev–Trinajstić information content (AvgIpc) is 2.68. The smallest absolute Gasteiger partial charge is 0.338 e. The van der Waals surface area contributed by atoms with Crippen LogP contribution in [0.3, 0.4) is 0 Å². The molecule has 0 radical (unpaired) electrons. The highest BCUT2D eigenvalue weighted by Crippen LogP contribution is 2.25. The summed E-state index contributed by atoms with van der Waals surface area (Å²) in [6.07, 6.45) is 6.71. The minimum atomic E-state index is -0.311. The molecule has 6 heteroatoms. The van der Waals surface area contributed by atoms with Gasteiger partial charge in [-0.2, -0.15) is 0 Å². The van der Waals surface area contributed by atoms with Crippen molar-refractivity contribution < 1.29 is 19.1 Å². The fourth-order valence-electron chi connectivity index (χ4n) is 2.59. The normalized spacial score (nSPS) is 11.9. The van der Waals surface area contributed by atoms with Gasteiger partial charge in [-0.1, -0.05) is 62.4 Å². The van der Waals surface area contributed by atoms with E-state index in [0.29, 0.717) is 36.9 Å². The zero-order valence-electron chi connectivity index (χ0n) is 17.3. The van der Waals surface area contributed by atoms with Crippen molar-refractivity contribution in [3.63, 3.8) is 0 Å². The minimum Gasteiger partial charge on any atom is -0.465 e. The van der Waals surface area contributed by atoms with Crippen LogP contribution < -0.4 is 0 Å². The zero-order chi connectivity index (χ0) is 20.8. The van der Waals surface area contributed by atoms with Gasteiger partial charge in [0.15, 0.2) is 0 Å². The van der Waals surface area contributed by atoms with Gasteiger partial charge >= 0.3 is 11.9 Å². The van der Waals surface area contributed by atoms with Gasteiger partial charge in [0.25, 0.3) is 0 Å². The maximum atomic E-state index is 12.1. The number of ether oxygens (including phenoxy) is 2. The fourth-order valence-corrected chi connectivity index (χ4v) is 4.16. The maximum Gasteiger partial charge on any atom is 0.338 e. The Balaban J connectivity index is 2.43. The Morgan fingerprint density at radius 3 is 2.50 bits per heavy atom. The van der Waals surface area contributed by atoms with Crippen LogP contribution in [0.15, 0.2) is 27.6 Å². The molecule has 28 heavy (non-hydrogen) atoms. The summed E-state index contributed by atoms with van der Waals surface area (Å²) >= 11 is 4.98. The first-order valence-corrected chi connectivity index (χ1v) is 12.0. The Bertz CT molecular complexity index is 606. The second-order valence-electron chi connectivity index (χ2n) is 6.86. The quantitative estimate of drug-likeness (QED) is 0.172. The SMILES string of the molecule is CCCCOC(=O)c1cc(Br)cc(SCCC(=O)OCC(CC)CCCC)c1. The Morgan fingerprint density at radius 1 is 1.07 bits per heavy atom. The molecule has 1 aromatic carbocycles. The molecule has 0 saturated carbocycles. The number of thioether (sulfide) groups is 1. The van der Waals surface area contributed by atoms with E-state index < -0.39 is 0 Å². The number of halogens is 1. The van der Waals surface area contributed by atoms with Crippen LogP contribution in [0, 0.1) is 5.92 Å². The van der Waals surface area contributed by atoms with Crippen molar-refractivity contribution >= 4 is 39.6 Å². The van der Waals surface area contributed by atoms with Crippen LogP contribution in [0.5, 0.6) is 0 Å². The molecular weight excluding hydrogens is 440 g/mol. The van der Waals surface area contributed by atoms with Crippen molar-refractivity contribution in [3.8, 4) is 0 Å². The van der Waals surface area contributed by atoms with Crippen LogP contribution in [0.25, 0.3) is 0 Å². The summed E-state index contributed by atoms with van der Waals surface area (Å²) in [5.41, 5.74) is 0.525. The van der Waals surface area contributed by atoms with E-state index in [-0.39, 0.29) is 11.9 Å². The van der Waals surface area contributed by atoms with E-state index in [2.05, 4.69) is 36.7 Å². The van der Waals surface area contributed by atoms with E-state index in [1.54, 1.807) is 6.07 Å². The largest absolute Gasteiger partial charge is 0.465 e. The number of esters is 2. The molecule has 4 nitrogen and oxygen atoms in total. The first kappa shape index (κ1) is 25.0. The van der Waals surface area contributed by atoms with Crippen LogP contribution in [0.4, 0.5) is 0 Å². The molecule has 0 fully saturated rings. The number of hydrogen-bond donors (Lipinski definition) is 0. The van der Waals surface area contributed by atoms with Crippen LogP contribution in [0.2, 0.25) is 0 Å². The zero-order valence-corrected chi connectivity index (χ0v) is 19.7. The van der Waals surface area contributed by atoms with E-state index in [4.69, 9.17) is 9.47 Å². The summed E-state index contributed by atoms with van der Waals surface area (Å²) in [5, 5.41) is 0. The van der Waals surface area contributed by atoms with Gasteiger partial charge < -0.3 is 9.47 Å². The number of rotatable bonds is 14. The molecule has 0 aliphatic carbocycles. The van der Waals surface area contributed by atoms with Crippen molar-refractivity contribution in [1.82, 2.24) is 0 Å². The molecule has 0 bridgehead atoms. The third-order valence-electron chi connectivity index (χ3n) is 4.44. The predicted octanol–water partition coefficient (Wildman–Crippen LogP) is 6.65. The van der Waals surface area contributed by atoms with Gasteiger partial charge in [0.05, 0.1) is 25.2 Å². The third kappa shape index (κ3) is 10.5. The van der Waals surface area contributed by atoms with Crippen molar-refractivity contribution in [3.05, 3.63) is 28.2 Å². The molecule has 0 spiro atoms.